The molecule has 0 saturated carbocycles. The van der Waals surface area contributed by atoms with E-state index in [9.17, 15) is 0 Å². The third kappa shape index (κ3) is 4.11. The van der Waals surface area contributed by atoms with Crippen LogP contribution < -0.4 is 5.32 Å². The second-order valence-corrected chi connectivity index (χ2v) is 5.32. The zero-order valence-corrected chi connectivity index (χ0v) is 12.9. The fraction of sp³-hybridized carbons (Fsp3) is 0.333. The maximum atomic E-state index is 4.61. The first kappa shape index (κ1) is 14.2. The van der Waals surface area contributed by atoms with Gasteiger partial charge in [0.15, 0.2) is 0 Å². The van der Waals surface area contributed by atoms with Crippen molar-refractivity contribution >= 4 is 15.9 Å². The van der Waals surface area contributed by atoms with Crippen molar-refractivity contribution in [3.63, 3.8) is 0 Å². The van der Waals surface area contributed by atoms with Crippen molar-refractivity contribution in [2.45, 2.75) is 26.8 Å². The molecule has 2 rings (SSSR count). The molecule has 1 heterocycles. The molecule has 0 fully saturated rings. The Morgan fingerprint density at radius 1 is 1.21 bits per heavy atom. The molecule has 100 valence electrons. The molecule has 0 unspecified atom stereocenters. The van der Waals surface area contributed by atoms with E-state index in [1.807, 2.05) is 31.2 Å². The predicted octanol–water partition coefficient (Wildman–Crippen LogP) is 3.25. The lowest BCUT2D eigenvalue weighted by Crippen LogP contribution is -2.14. The molecular formula is C15H18BrN3. The van der Waals surface area contributed by atoms with Crippen molar-refractivity contribution in [2.75, 3.05) is 6.54 Å². The molecular weight excluding hydrogens is 302 g/mol. The van der Waals surface area contributed by atoms with E-state index in [1.165, 1.54) is 5.56 Å². The highest BCUT2D eigenvalue weighted by Crippen LogP contribution is 2.18. The normalized spacial score (nSPS) is 10.7. The highest BCUT2D eigenvalue weighted by Gasteiger charge is 2.05. The molecule has 0 aliphatic rings. The summed E-state index contributed by atoms with van der Waals surface area (Å²) >= 11 is 3.56. The van der Waals surface area contributed by atoms with Crippen LogP contribution in [0.25, 0.3) is 0 Å². The van der Waals surface area contributed by atoms with Gasteiger partial charge in [-0.15, -0.1) is 0 Å². The number of aromatic nitrogens is 2. The van der Waals surface area contributed by atoms with Gasteiger partial charge in [0.1, 0.15) is 5.82 Å². The van der Waals surface area contributed by atoms with E-state index >= 15 is 0 Å². The second kappa shape index (κ2) is 6.78. The molecule has 1 aromatic carbocycles. The van der Waals surface area contributed by atoms with Gasteiger partial charge >= 0.3 is 0 Å². The molecule has 19 heavy (non-hydrogen) atoms. The van der Waals surface area contributed by atoms with Crippen LogP contribution in [0.5, 0.6) is 0 Å². The molecule has 0 radical (unpaired) electrons. The van der Waals surface area contributed by atoms with Crippen LogP contribution in [0.15, 0.2) is 34.8 Å². The zero-order valence-electron chi connectivity index (χ0n) is 11.3. The molecule has 2 aromatic rings. The maximum absolute atomic E-state index is 4.61. The topological polar surface area (TPSA) is 37.8 Å². The minimum Gasteiger partial charge on any atom is -0.311 e. The average molecular weight is 320 g/mol. The number of nitrogens with one attached hydrogen (secondary N) is 1. The third-order valence-corrected chi connectivity index (χ3v) is 3.59. The first-order chi connectivity index (χ1) is 9.19. The summed E-state index contributed by atoms with van der Waals surface area (Å²) in [6.07, 6.45) is 0.752. The molecule has 0 amide bonds. The van der Waals surface area contributed by atoms with Crippen LogP contribution in [0.4, 0.5) is 0 Å². The minimum absolute atomic E-state index is 0.752. The Bertz CT molecular complexity index is 555. The van der Waals surface area contributed by atoms with Crippen LogP contribution in [-0.4, -0.2) is 16.5 Å². The molecule has 0 atom stereocenters. The Labute approximate surface area is 122 Å². The monoisotopic (exact) mass is 319 g/mol. The number of rotatable bonds is 5. The van der Waals surface area contributed by atoms with Crippen LogP contribution in [0.3, 0.4) is 0 Å². The summed E-state index contributed by atoms with van der Waals surface area (Å²) in [4.78, 5) is 9.13. The van der Waals surface area contributed by atoms with Gasteiger partial charge in [0.05, 0.1) is 5.69 Å². The van der Waals surface area contributed by atoms with E-state index in [4.69, 9.17) is 0 Å². The van der Waals surface area contributed by atoms with Gasteiger partial charge in [0.25, 0.3) is 0 Å². The molecule has 1 N–H and O–H groups in total. The van der Waals surface area contributed by atoms with E-state index < -0.39 is 0 Å². The smallest absolute Gasteiger partial charge is 0.133 e. The number of aryl methyl sites for hydroxylation is 1. The number of hydrogen-bond acceptors (Lipinski definition) is 3. The fourth-order valence-corrected chi connectivity index (χ4v) is 2.36. The highest BCUT2D eigenvalue weighted by molar-refractivity contribution is 9.10. The molecule has 0 bridgehead atoms. The lowest BCUT2D eigenvalue weighted by molar-refractivity contribution is 0.700. The van der Waals surface area contributed by atoms with Crippen LogP contribution in [-0.2, 0) is 13.0 Å². The third-order valence-electron chi connectivity index (χ3n) is 2.82. The molecule has 1 aromatic heterocycles. The van der Waals surface area contributed by atoms with Gasteiger partial charge in [-0.2, -0.15) is 0 Å². The van der Waals surface area contributed by atoms with Gasteiger partial charge in [-0.25, -0.2) is 9.97 Å². The Kier molecular flexibility index (Phi) is 5.05. The summed E-state index contributed by atoms with van der Waals surface area (Å²) in [5.74, 6) is 0.875. The number of nitrogens with zero attached hydrogens (tertiary/aromatic N) is 2. The van der Waals surface area contributed by atoms with E-state index in [2.05, 4.69) is 44.2 Å². The lowest BCUT2D eigenvalue weighted by Gasteiger charge is -2.07. The van der Waals surface area contributed by atoms with Crippen molar-refractivity contribution in [3.05, 3.63) is 57.6 Å². The van der Waals surface area contributed by atoms with Gasteiger partial charge in [0.2, 0.25) is 0 Å². The Morgan fingerprint density at radius 3 is 2.74 bits per heavy atom. The summed E-state index contributed by atoms with van der Waals surface area (Å²) in [6.45, 7) is 5.85. The zero-order chi connectivity index (χ0) is 13.7. The minimum atomic E-state index is 0.752. The van der Waals surface area contributed by atoms with E-state index in [1.54, 1.807) is 0 Å². The Hall–Kier alpha value is -1.26. The van der Waals surface area contributed by atoms with Crippen molar-refractivity contribution < 1.29 is 0 Å². The summed E-state index contributed by atoms with van der Waals surface area (Å²) in [5, 5.41) is 3.29. The van der Waals surface area contributed by atoms with Gasteiger partial charge in [-0.1, -0.05) is 41.1 Å². The van der Waals surface area contributed by atoms with Crippen molar-refractivity contribution in [1.82, 2.24) is 15.3 Å². The number of benzene rings is 1. The standard InChI is InChI=1S/C15H18BrN3/c1-3-17-10-13-8-11(2)18-15(19-13)9-12-6-4-5-7-14(12)16/h4-8,17H,3,9-10H2,1-2H3. The van der Waals surface area contributed by atoms with Crippen LogP contribution in [0.1, 0.15) is 29.7 Å². The first-order valence-electron chi connectivity index (χ1n) is 6.46. The molecule has 0 spiro atoms. The first-order valence-corrected chi connectivity index (χ1v) is 7.26. The Morgan fingerprint density at radius 2 is 2.00 bits per heavy atom. The largest absolute Gasteiger partial charge is 0.311 e. The fourth-order valence-electron chi connectivity index (χ4n) is 1.93. The van der Waals surface area contributed by atoms with E-state index in [0.717, 1.165) is 41.2 Å². The van der Waals surface area contributed by atoms with E-state index in [0.29, 0.717) is 0 Å². The lowest BCUT2D eigenvalue weighted by atomic mass is 10.1. The maximum Gasteiger partial charge on any atom is 0.133 e. The van der Waals surface area contributed by atoms with Crippen LogP contribution in [0, 0.1) is 6.92 Å². The quantitative estimate of drug-likeness (QED) is 0.919. The molecule has 4 heteroatoms. The average Bonchev–Trinajstić information content (AvgIpc) is 2.38. The molecule has 0 aliphatic heterocycles. The summed E-state index contributed by atoms with van der Waals surface area (Å²) in [5.41, 5.74) is 3.28. The molecule has 0 aliphatic carbocycles. The number of hydrogen-bond donors (Lipinski definition) is 1. The predicted molar refractivity (Wildman–Crippen MR) is 81.1 cm³/mol. The van der Waals surface area contributed by atoms with E-state index in [-0.39, 0.29) is 0 Å². The highest BCUT2D eigenvalue weighted by atomic mass is 79.9. The van der Waals surface area contributed by atoms with Gasteiger partial charge < -0.3 is 5.32 Å². The summed E-state index contributed by atoms with van der Waals surface area (Å²) in [6, 6.07) is 10.2. The summed E-state index contributed by atoms with van der Waals surface area (Å²) < 4.78 is 1.10. The SMILES string of the molecule is CCNCc1cc(C)nc(Cc2ccccc2Br)n1. The van der Waals surface area contributed by atoms with Gasteiger partial charge in [-0.3, -0.25) is 0 Å². The second-order valence-electron chi connectivity index (χ2n) is 4.47. The van der Waals surface area contributed by atoms with Crippen molar-refractivity contribution in [1.29, 1.82) is 0 Å². The van der Waals surface area contributed by atoms with Crippen LogP contribution in [0.2, 0.25) is 0 Å². The van der Waals surface area contributed by atoms with Crippen LogP contribution >= 0.6 is 15.9 Å². The molecule has 3 nitrogen and oxygen atoms in total. The van der Waals surface area contributed by atoms with Gasteiger partial charge in [-0.05, 0) is 31.2 Å². The molecule has 0 saturated heterocycles. The summed E-state index contributed by atoms with van der Waals surface area (Å²) in [7, 11) is 0. The number of halogens is 1. The van der Waals surface area contributed by atoms with Crippen molar-refractivity contribution in [3.8, 4) is 0 Å². The van der Waals surface area contributed by atoms with Gasteiger partial charge in [0, 0.05) is 23.1 Å². The van der Waals surface area contributed by atoms with Crippen molar-refractivity contribution in [2.24, 2.45) is 0 Å². The Balaban J connectivity index is 2.20.